The lowest BCUT2D eigenvalue weighted by Crippen LogP contribution is -2.17. The standard InChI is InChI=1S/C34H46F4O/c1-2-3-4-5-6-7-11-14-25-17-18-26-23-29(33(37)32(36)28(26)22-25)27-19-20-30(34(38)31(27)35)39-21-12-9-8-10-13-24-15-16-24/h19-20,23-25H,2-18,21-22H2,1H3. The average Bonchev–Trinajstić information content (AvgIpc) is 3.77. The second-order valence-corrected chi connectivity index (χ2v) is 11.9. The number of ether oxygens (including phenoxy) is 1. The normalized spacial score (nSPS) is 16.9. The van der Waals surface area contributed by atoms with Crippen LogP contribution >= 0.6 is 0 Å². The molecule has 2 aliphatic carbocycles. The van der Waals surface area contributed by atoms with Gasteiger partial charge in [0, 0.05) is 11.1 Å². The summed E-state index contributed by atoms with van der Waals surface area (Å²) in [6, 6.07) is 4.16. The topological polar surface area (TPSA) is 9.23 Å². The molecule has 2 aromatic rings. The lowest BCUT2D eigenvalue weighted by atomic mass is 9.80. The second-order valence-electron chi connectivity index (χ2n) is 11.9. The van der Waals surface area contributed by atoms with Gasteiger partial charge in [0.2, 0.25) is 5.82 Å². The molecular weight excluding hydrogens is 500 g/mol. The van der Waals surface area contributed by atoms with Gasteiger partial charge in [-0.1, -0.05) is 96.8 Å². The molecule has 1 nitrogen and oxygen atoms in total. The van der Waals surface area contributed by atoms with E-state index in [1.807, 2.05) is 0 Å². The van der Waals surface area contributed by atoms with Crippen LogP contribution in [0.25, 0.3) is 11.1 Å². The molecule has 2 aromatic carbocycles. The Morgan fingerprint density at radius 2 is 1.31 bits per heavy atom. The first-order valence-corrected chi connectivity index (χ1v) is 15.6. The molecule has 39 heavy (non-hydrogen) atoms. The van der Waals surface area contributed by atoms with E-state index in [-0.39, 0.29) is 16.9 Å². The van der Waals surface area contributed by atoms with Gasteiger partial charge in [-0.3, -0.25) is 0 Å². The zero-order valence-corrected chi connectivity index (χ0v) is 23.7. The highest BCUT2D eigenvalue weighted by Gasteiger charge is 2.28. The number of rotatable bonds is 17. The van der Waals surface area contributed by atoms with Crippen LogP contribution in [0.4, 0.5) is 17.6 Å². The minimum atomic E-state index is -1.19. The van der Waals surface area contributed by atoms with Crippen LogP contribution in [0.2, 0.25) is 0 Å². The van der Waals surface area contributed by atoms with Crippen molar-refractivity contribution in [2.24, 2.45) is 11.8 Å². The third kappa shape index (κ3) is 8.47. The first-order chi connectivity index (χ1) is 19.0. The van der Waals surface area contributed by atoms with E-state index in [9.17, 15) is 4.39 Å². The fourth-order valence-corrected chi connectivity index (χ4v) is 6.07. The van der Waals surface area contributed by atoms with E-state index in [4.69, 9.17) is 4.74 Å². The molecule has 0 amide bonds. The molecule has 0 aromatic heterocycles. The maximum Gasteiger partial charge on any atom is 0.201 e. The molecule has 0 N–H and O–H groups in total. The van der Waals surface area contributed by atoms with Gasteiger partial charge in [0.15, 0.2) is 23.2 Å². The summed E-state index contributed by atoms with van der Waals surface area (Å²) < 4.78 is 65.7. The van der Waals surface area contributed by atoms with Crippen molar-refractivity contribution in [3.05, 3.63) is 52.6 Å². The molecule has 4 rings (SSSR count). The van der Waals surface area contributed by atoms with Crippen molar-refractivity contribution in [2.45, 2.75) is 122 Å². The largest absolute Gasteiger partial charge is 0.490 e. The predicted molar refractivity (Wildman–Crippen MR) is 151 cm³/mol. The summed E-state index contributed by atoms with van der Waals surface area (Å²) in [4.78, 5) is 0. The summed E-state index contributed by atoms with van der Waals surface area (Å²) >= 11 is 0. The lowest BCUT2D eigenvalue weighted by molar-refractivity contribution is 0.285. The van der Waals surface area contributed by atoms with Gasteiger partial charge in [-0.25, -0.2) is 13.2 Å². The summed E-state index contributed by atoms with van der Waals surface area (Å²) in [5.74, 6) is -3.24. The van der Waals surface area contributed by atoms with E-state index in [0.29, 0.717) is 36.5 Å². The van der Waals surface area contributed by atoms with Crippen LogP contribution in [0.1, 0.15) is 121 Å². The third-order valence-corrected chi connectivity index (χ3v) is 8.73. The molecule has 1 unspecified atom stereocenters. The molecule has 0 saturated heterocycles. The SMILES string of the molecule is CCCCCCCCCC1CCc2cc(-c3ccc(OCCCCCCC4CC4)c(F)c3F)c(F)c(F)c2C1. The number of hydrogen-bond acceptors (Lipinski definition) is 1. The molecule has 1 saturated carbocycles. The Morgan fingerprint density at radius 1 is 0.667 bits per heavy atom. The predicted octanol–water partition coefficient (Wildman–Crippen LogP) is 10.9. The van der Waals surface area contributed by atoms with Gasteiger partial charge >= 0.3 is 0 Å². The molecular formula is C34H46F4O. The molecule has 2 aliphatic rings. The molecule has 1 fully saturated rings. The van der Waals surface area contributed by atoms with Crippen molar-refractivity contribution >= 4 is 0 Å². The maximum absolute atomic E-state index is 15.2. The Balaban J connectivity index is 1.32. The Labute approximate surface area is 232 Å². The van der Waals surface area contributed by atoms with Crippen LogP contribution in [-0.4, -0.2) is 6.61 Å². The molecule has 216 valence electrons. The molecule has 0 bridgehead atoms. The minimum Gasteiger partial charge on any atom is -0.490 e. The van der Waals surface area contributed by atoms with Crippen molar-refractivity contribution in [3.8, 4) is 16.9 Å². The van der Waals surface area contributed by atoms with E-state index in [1.165, 1.54) is 82.4 Å². The fourth-order valence-electron chi connectivity index (χ4n) is 6.07. The van der Waals surface area contributed by atoms with Gasteiger partial charge < -0.3 is 4.74 Å². The minimum absolute atomic E-state index is 0.179. The number of unbranched alkanes of at least 4 members (excludes halogenated alkanes) is 9. The summed E-state index contributed by atoms with van der Waals surface area (Å²) in [5, 5.41) is 0. The monoisotopic (exact) mass is 546 g/mol. The van der Waals surface area contributed by atoms with Gasteiger partial charge in [-0.15, -0.1) is 0 Å². The molecule has 1 atom stereocenters. The Kier molecular flexibility index (Phi) is 11.6. The van der Waals surface area contributed by atoms with Crippen molar-refractivity contribution in [2.75, 3.05) is 6.61 Å². The number of hydrogen-bond donors (Lipinski definition) is 0. The van der Waals surface area contributed by atoms with Gasteiger partial charge in [0.1, 0.15) is 0 Å². The van der Waals surface area contributed by atoms with Crippen LogP contribution in [-0.2, 0) is 12.8 Å². The van der Waals surface area contributed by atoms with Gasteiger partial charge in [-0.05, 0) is 66.8 Å². The zero-order chi connectivity index (χ0) is 27.6. The van der Waals surface area contributed by atoms with Gasteiger partial charge in [0.05, 0.1) is 6.61 Å². The fraction of sp³-hybridized carbons (Fsp3) is 0.647. The molecule has 0 aliphatic heterocycles. The third-order valence-electron chi connectivity index (χ3n) is 8.73. The quantitative estimate of drug-likeness (QED) is 0.142. The highest BCUT2D eigenvalue weighted by molar-refractivity contribution is 5.68. The van der Waals surface area contributed by atoms with Crippen molar-refractivity contribution < 1.29 is 22.3 Å². The van der Waals surface area contributed by atoms with Crippen LogP contribution in [0, 0.1) is 35.1 Å². The number of fused-ring (bicyclic) bond motifs is 1. The molecule has 5 heteroatoms. The van der Waals surface area contributed by atoms with Crippen molar-refractivity contribution in [1.82, 2.24) is 0 Å². The highest BCUT2D eigenvalue weighted by atomic mass is 19.2. The Hall–Kier alpha value is -2.04. The lowest BCUT2D eigenvalue weighted by Gasteiger charge is -2.26. The van der Waals surface area contributed by atoms with Crippen LogP contribution in [0.3, 0.4) is 0 Å². The molecule has 0 heterocycles. The summed E-state index contributed by atoms with van der Waals surface area (Å²) in [6.45, 7) is 2.52. The smallest absolute Gasteiger partial charge is 0.201 e. The van der Waals surface area contributed by atoms with Gasteiger partial charge in [0.25, 0.3) is 0 Å². The summed E-state index contributed by atoms with van der Waals surface area (Å²) in [5.41, 5.74) is 0.648. The van der Waals surface area contributed by atoms with E-state index < -0.39 is 23.3 Å². The van der Waals surface area contributed by atoms with E-state index in [2.05, 4.69) is 6.92 Å². The Bertz CT molecular complexity index is 1060. The Morgan fingerprint density at radius 3 is 2.03 bits per heavy atom. The van der Waals surface area contributed by atoms with E-state index in [0.717, 1.165) is 44.4 Å². The number of aryl methyl sites for hydroxylation is 1. The van der Waals surface area contributed by atoms with Crippen molar-refractivity contribution in [1.29, 1.82) is 0 Å². The zero-order valence-electron chi connectivity index (χ0n) is 23.7. The first-order valence-electron chi connectivity index (χ1n) is 15.6. The first kappa shape index (κ1) is 29.9. The van der Waals surface area contributed by atoms with E-state index >= 15 is 13.2 Å². The van der Waals surface area contributed by atoms with Gasteiger partial charge in [-0.2, -0.15) is 4.39 Å². The molecule has 0 radical (unpaired) electrons. The summed E-state index contributed by atoms with van der Waals surface area (Å²) in [7, 11) is 0. The van der Waals surface area contributed by atoms with Crippen LogP contribution in [0.5, 0.6) is 5.75 Å². The van der Waals surface area contributed by atoms with E-state index in [1.54, 1.807) is 0 Å². The van der Waals surface area contributed by atoms with Crippen LogP contribution in [0.15, 0.2) is 18.2 Å². The van der Waals surface area contributed by atoms with Crippen LogP contribution < -0.4 is 4.74 Å². The second kappa shape index (κ2) is 15.1. The molecule has 0 spiro atoms. The number of benzene rings is 2. The number of halogens is 4. The maximum atomic E-state index is 15.2. The van der Waals surface area contributed by atoms with Crippen molar-refractivity contribution in [3.63, 3.8) is 0 Å². The summed E-state index contributed by atoms with van der Waals surface area (Å²) in [6.07, 6.45) is 19.9. The average molecular weight is 547 g/mol. The highest BCUT2D eigenvalue weighted by Crippen LogP contribution is 2.38.